The van der Waals surface area contributed by atoms with Gasteiger partial charge in [-0.3, -0.25) is 4.79 Å². The summed E-state index contributed by atoms with van der Waals surface area (Å²) in [6, 6.07) is 0. The quantitative estimate of drug-likeness (QED) is 0.737. The first kappa shape index (κ1) is 14.4. The molecule has 0 spiro atoms. The van der Waals surface area contributed by atoms with Gasteiger partial charge in [0.2, 0.25) is 0 Å². The molecule has 1 aromatic heterocycles. The standard InChI is InChI=1S/C10H17N3O2S2/c1-4-7-12-9(17-13-7)16-6-5-10(2,11-3)8(14)15/h11H,4-6H2,1-3H3,(H,14,15). The van der Waals surface area contributed by atoms with Crippen LogP contribution in [-0.4, -0.2) is 38.8 Å². The maximum Gasteiger partial charge on any atom is 0.323 e. The summed E-state index contributed by atoms with van der Waals surface area (Å²) in [6.07, 6.45) is 1.38. The summed E-state index contributed by atoms with van der Waals surface area (Å²) in [5.41, 5.74) is -0.870. The first-order valence-corrected chi connectivity index (χ1v) is 7.15. The second-order valence-corrected chi connectivity index (χ2v) is 5.91. The van der Waals surface area contributed by atoms with Crippen molar-refractivity contribution in [3.8, 4) is 0 Å². The van der Waals surface area contributed by atoms with Crippen molar-refractivity contribution in [2.45, 2.75) is 36.6 Å². The molecule has 17 heavy (non-hydrogen) atoms. The molecule has 0 bridgehead atoms. The number of hydrogen-bond acceptors (Lipinski definition) is 6. The average Bonchev–Trinajstić information content (AvgIpc) is 2.76. The first-order chi connectivity index (χ1) is 8.01. The van der Waals surface area contributed by atoms with Crippen LogP contribution in [-0.2, 0) is 11.2 Å². The maximum atomic E-state index is 11.0. The van der Waals surface area contributed by atoms with E-state index in [4.69, 9.17) is 5.11 Å². The number of carboxylic acid groups (broad SMARTS) is 1. The van der Waals surface area contributed by atoms with E-state index >= 15 is 0 Å². The second-order valence-electron chi connectivity index (χ2n) is 3.82. The highest BCUT2D eigenvalue weighted by atomic mass is 32.2. The molecule has 1 rings (SSSR count). The SMILES string of the molecule is CCc1nsc(SCCC(C)(NC)C(=O)O)n1. The van der Waals surface area contributed by atoms with E-state index in [0.29, 0.717) is 12.2 Å². The van der Waals surface area contributed by atoms with Crippen LogP contribution in [0.15, 0.2) is 4.34 Å². The number of nitrogens with zero attached hydrogens (tertiary/aromatic N) is 2. The predicted octanol–water partition coefficient (Wildman–Crippen LogP) is 1.65. The summed E-state index contributed by atoms with van der Waals surface area (Å²) in [5.74, 6) is 0.737. The lowest BCUT2D eigenvalue weighted by atomic mass is 10.00. The van der Waals surface area contributed by atoms with Gasteiger partial charge in [0.15, 0.2) is 4.34 Å². The number of aromatic nitrogens is 2. The van der Waals surface area contributed by atoms with Crippen molar-refractivity contribution < 1.29 is 9.90 Å². The van der Waals surface area contributed by atoms with E-state index < -0.39 is 11.5 Å². The van der Waals surface area contributed by atoms with E-state index in [9.17, 15) is 4.79 Å². The average molecular weight is 275 g/mol. The number of aliphatic carboxylic acids is 1. The van der Waals surface area contributed by atoms with Gasteiger partial charge in [-0.05, 0) is 31.9 Å². The van der Waals surface area contributed by atoms with E-state index in [1.165, 1.54) is 11.5 Å². The van der Waals surface area contributed by atoms with Gasteiger partial charge in [0.1, 0.15) is 11.4 Å². The Labute approximate surface area is 109 Å². The number of thioether (sulfide) groups is 1. The molecule has 0 aliphatic rings. The lowest BCUT2D eigenvalue weighted by molar-refractivity contribution is -0.144. The Morgan fingerprint density at radius 1 is 1.65 bits per heavy atom. The van der Waals surface area contributed by atoms with Gasteiger partial charge in [0, 0.05) is 12.2 Å². The van der Waals surface area contributed by atoms with Crippen molar-refractivity contribution in [3.63, 3.8) is 0 Å². The smallest absolute Gasteiger partial charge is 0.323 e. The van der Waals surface area contributed by atoms with E-state index in [1.807, 2.05) is 6.92 Å². The van der Waals surface area contributed by atoms with Crippen molar-refractivity contribution in [1.82, 2.24) is 14.7 Å². The minimum Gasteiger partial charge on any atom is -0.480 e. The lowest BCUT2D eigenvalue weighted by Gasteiger charge is -2.23. The van der Waals surface area contributed by atoms with Crippen molar-refractivity contribution in [2.24, 2.45) is 0 Å². The van der Waals surface area contributed by atoms with E-state index in [2.05, 4.69) is 14.7 Å². The molecule has 1 heterocycles. The highest BCUT2D eigenvalue weighted by molar-refractivity contribution is 8.00. The van der Waals surface area contributed by atoms with Crippen molar-refractivity contribution in [3.05, 3.63) is 5.82 Å². The molecule has 0 aliphatic heterocycles. The number of aryl methyl sites for hydroxylation is 1. The van der Waals surface area contributed by atoms with Crippen LogP contribution >= 0.6 is 23.3 Å². The molecule has 0 aliphatic carbocycles. The Kier molecular flexibility index (Phi) is 5.35. The highest BCUT2D eigenvalue weighted by Crippen LogP contribution is 2.23. The molecule has 1 atom stereocenters. The maximum absolute atomic E-state index is 11.0. The van der Waals surface area contributed by atoms with Crippen LogP contribution in [0, 0.1) is 0 Å². The third-order valence-corrected chi connectivity index (χ3v) is 4.49. The minimum absolute atomic E-state index is 0.546. The second kappa shape index (κ2) is 6.32. The summed E-state index contributed by atoms with van der Waals surface area (Å²) in [5, 5.41) is 11.9. The van der Waals surface area contributed by atoms with Crippen LogP contribution < -0.4 is 5.32 Å². The largest absolute Gasteiger partial charge is 0.480 e. The monoisotopic (exact) mass is 275 g/mol. The van der Waals surface area contributed by atoms with Crippen molar-refractivity contribution in [2.75, 3.05) is 12.8 Å². The number of hydrogen-bond donors (Lipinski definition) is 2. The van der Waals surface area contributed by atoms with Crippen LogP contribution in [0.2, 0.25) is 0 Å². The topological polar surface area (TPSA) is 75.1 Å². The summed E-state index contributed by atoms with van der Waals surface area (Å²) in [6.45, 7) is 3.70. The highest BCUT2D eigenvalue weighted by Gasteiger charge is 2.30. The molecule has 0 aromatic carbocycles. The molecular formula is C10H17N3O2S2. The molecule has 1 aromatic rings. The van der Waals surface area contributed by atoms with E-state index in [0.717, 1.165) is 16.6 Å². The van der Waals surface area contributed by atoms with Gasteiger partial charge in [-0.15, -0.1) is 0 Å². The summed E-state index contributed by atoms with van der Waals surface area (Å²) in [7, 11) is 1.67. The van der Waals surface area contributed by atoms with Gasteiger partial charge in [0.25, 0.3) is 0 Å². The van der Waals surface area contributed by atoms with Gasteiger partial charge in [-0.25, -0.2) is 4.98 Å². The molecule has 7 heteroatoms. The molecule has 96 valence electrons. The van der Waals surface area contributed by atoms with E-state index in [-0.39, 0.29) is 0 Å². The zero-order chi connectivity index (χ0) is 12.9. The zero-order valence-corrected chi connectivity index (χ0v) is 11.8. The Hall–Kier alpha value is -0.660. The predicted molar refractivity (Wildman–Crippen MR) is 69.7 cm³/mol. The Morgan fingerprint density at radius 3 is 2.82 bits per heavy atom. The molecule has 2 N–H and O–H groups in total. The number of likely N-dealkylation sites (N-methyl/N-ethyl adjacent to an activating group) is 1. The normalized spacial score (nSPS) is 14.5. The fraction of sp³-hybridized carbons (Fsp3) is 0.700. The summed E-state index contributed by atoms with van der Waals surface area (Å²) in [4.78, 5) is 15.4. The van der Waals surface area contributed by atoms with Crippen LogP contribution in [0.3, 0.4) is 0 Å². The summed E-state index contributed by atoms with van der Waals surface area (Å²) < 4.78 is 5.09. The number of rotatable bonds is 7. The molecule has 0 fully saturated rings. The van der Waals surface area contributed by atoms with Crippen LogP contribution in [0.1, 0.15) is 26.1 Å². The molecule has 0 radical (unpaired) electrons. The van der Waals surface area contributed by atoms with Crippen molar-refractivity contribution in [1.29, 1.82) is 0 Å². The lowest BCUT2D eigenvalue weighted by Crippen LogP contribution is -2.47. The third-order valence-electron chi connectivity index (χ3n) is 2.62. The van der Waals surface area contributed by atoms with Crippen LogP contribution in [0.4, 0.5) is 0 Å². The Morgan fingerprint density at radius 2 is 2.35 bits per heavy atom. The van der Waals surface area contributed by atoms with Crippen LogP contribution in [0.5, 0.6) is 0 Å². The summed E-state index contributed by atoms with van der Waals surface area (Å²) >= 11 is 2.93. The molecule has 0 saturated carbocycles. The van der Waals surface area contributed by atoms with E-state index in [1.54, 1.807) is 25.7 Å². The van der Waals surface area contributed by atoms with Gasteiger partial charge in [-0.1, -0.05) is 18.7 Å². The number of nitrogens with one attached hydrogen (secondary N) is 1. The first-order valence-electron chi connectivity index (χ1n) is 5.39. The number of carboxylic acids is 1. The molecular weight excluding hydrogens is 258 g/mol. The molecule has 0 saturated heterocycles. The van der Waals surface area contributed by atoms with Gasteiger partial charge >= 0.3 is 5.97 Å². The molecule has 0 amide bonds. The van der Waals surface area contributed by atoms with Gasteiger partial charge < -0.3 is 10.4 Å². The Balaban J connectivity index is 2.44. The Bertz CT molecular complexity index is 383. The zero-order valence-electron chi connectivity index (χ0n) is 10.2. The van der Waals surface area contributed by atoms with Gasteiger partial charge in [0.05, 0.1) is 0 Å². The van der Waals surface area contributed by atoms with Crippen molar-refractivity contribution >= 4 is 29.3 Å². The minimum atomic E-state index is -0.870. The number of carbonyl (C=O) groups is 1. The molecule has 5 nitrogen and oxygen atoms in total. The van der Waals surface area contributed by atoms with Gasteiger partial charge in [-0.2, -0.15) is 4.37 Å². The fourth-order valence-electron chi connectivity index (χ4n) is 1.12. The van der Waals surface area contributed by atoms with Crippen LogP contribution in [0.25, 0.3) is 0 Å². The fourth-order valence-corrected chi connectivity index (χ4v) is 3.05. The third kappa shape index (κ3) is 3.93. The molecule has 1 unspecified atom stereocenters.